The molecule has 0 bridgehead atoms. The Labute approximate surface area is 261 Å². The van der Waals surface area contributed by atoms with Gasteiger partial charge < -0.3 is 23.6 Å². The molecule has 43 heavy (non-hydrogen) atoms. The summed E-state index contributed by atoms with van der Waals surface area (Å²) in [6, 6.07) is 9.64. The zero-order valence-electron chi connectivity index (χ0n) is 28.6. The molecular weight excluding hydrogens is 562 g/mol. The Bertz CT molecular complexity index is 1000. The molecule has 0 spiro atoms. The van der Waals surface area contributed by atoms with Crippen molar-refractivity contribution in [3.05, 3.63) is 35.9 Å². The first kappa shape index (κ1) is 37.2. The van der Waals surface area contributed by atoms with E-state index in [0.29, 0.717) is 19.5 Å². The second-order valence-electron chi connectivity index (χ2n) is 15.2. The number of rotatable bonds is 13. The molecule has 4 atom stereocenters. The van der Waals surface area contributed by atoms with Crippen molar-refractivity contribution in [3.8, 4) is 0 Å². The molecule has 0 aliphatic heterocycles. The van der Waals surface area contributed by atoms with Gasteiger partial charge in [-0.2, -0.15) is 0 Å². The van der Waals surface area contributed by atoms with Crippen molar-refractivity contribution in [2.24, 2.45) is 11.8 Å². The van der Waals surface area contributed by atoms with Crippen LogP contribution in [0, 0.1) is 11.8 Å². The van der Waals surface area contributed by atoms with Gasteiger partial charge in [0.25, 0.3) is 0 Å². The lowest BCUT2D eigenvalue weighted by molar-refractivity contribution is -0.163. The highest BCUT2D eigenvalue weighted by atomic mass is 28.4. The lowest BCUT2D eigenvalue weighted by Gasteiger charge is -2.38. The second kappa shape index (κ2) is 15.8. The van der Waals surface area contributed by atoms with Crippen LogP contribution in [0.3, 0.4) is 0 Å². The summed E-state index contributed by atoms with van der Waals surface area (Å²) < 4.78 is 24.5. The standard InChI is InChI=1S/C33H59N3O6Si/c1-31(2,3)39-29(37)26-20-16-15-19-25(26)22-34-35-23-28(41-43(10,11)42-33(7,8)9)27(21-24-17-13-12-14-18-24)36-30(38)40-32(4,5)6/h12-14,17-18,25-28,34-35H,15-16,19-23H2,1-11H3,(H,36,38)/t25?,26?,27-,28-/m1/s1. The van der Waals surface area contributed by atoms with E-state index in [1.807, 2.05) is 106 Å². The monoisotopic (exact) mass is 621 g/mol. The summed E-state index contributed by atoms with van der Waals surface area (Å²) in [4.78, 5) is 26.0. The van der Waals surface area contributed by atoms with Gasteiger partial charge in [0.1, 0.15) is 11.2 Å². The molecule has 246 valence electrons. The molecule has 0 radical (unpaired) electrons. The normalized spacial score (nSPS) is 19.8. The summed E-state index contributed by atoms with van der Waals surface area (Å²) in [6.45, 7) is 22.4. The number of hydrogen-bond donors (Lipinski definition) is 3. The highest BCUT2D eigenvalue weighted by molar-refractivity contribution is 6.64. The Kier molecular flexibility index (Phi) is 13.7. The van der Waals surface area contributed by atoms with Crippen molar-refractivity contribution < 1.29 is 27.9 Å². The van der Waals surface area contributed by atoms with Crippen LogP contribution in [0.15, 0.2) is 30.3 Å². The van der Waals surface area contributed by atoms with Crippen LogP contribution < -0.4 is 16.2 Å². The molecule has 9 nitrogen and oxygen atoms in total. The van der Waals surface area contributed by atoms with Crippen molar-refractivity contribution in [1.29, 1.82) is 0 Å². The second-order valence-corrected chi connectivity index (χ2v) is 18.4. The van der Waals surface area contributed by atoms with Gasteiger partial charge in [0.2, 0.25) is 0 Å². The van der Waals surface area contributed by atoms with E-state index in [2.05, 4.69) is 16.2 Å². The van der Waals surface area contributed by atoms with E-state index in [4.69, 9.17) is 18.3 Å². The van der Waals surface area contributed by atoms with Crippen molar-refractivity contribution in [1.82, 2.24) is 16.2 Å². The van der Waals surface area contributed by atoms with Gasteiger partial charge in [-0.15, -0.1) is 0 Å². The number of carbonyl (C=O) groups is 2. The predicted molar refractivity (Wildman–Crippen MR) is 174 cm³/mol. The van der Waals surface area contributed by atoms with Crippen LogP contribution in [0.5, 0.6) is 0 Å². The minimum Gasteiger partial charge on any atom is -0.460 e. The maximum Gasteiger partial charge on any atom is 0.407 e. The van der Waals surface area contributed by atoms with Crippen LogP contribution >= 0.6 is 0 Å². The van der Waals surface area contributed by atoms with Gasteiger partial charge in [0.15, 0.2) is 0 Å². The Balaban J connectivity index is 2.21. The molecule has 1 fully saturated rings. The van der Waals surface area contributed by atoms with E-state index < -0.39 is 38.0 Å². The van der Waals surface area contributed by atoms with Crippen LogP contribution in [0.2, 0.25) is 13.1 Å². The highest BCUT2D eigenvalue weighted by Crippen LogP contribution is 2.31. The van der Waals surface area contributed by atoms with Gasteiger partial charge in [0.05, 0.1) is 23.7 Å². The van der Waals surface area contributed by atoms with Gasteiger partial charge in [0, 0.05) is 13.1 Å². The van der Waals surface area contributed by atoms with E-state index in [-0.39, 0.29) is 23.4 Å². The van der Waals surface area contributed by atoms with Gasteiger partial charge in [-0.1, -0.05) is 43.2 Å². The average Bonchev–Trinajstić information content (AvgIpc) is 2.82. The molecule has 0 saturated heterocycles. The van der Waals surface area contributed by atoms with Gasteiger partial charge >= 0.3 is 20.6 Å². The zero-order valence-corrected chi connectivity index (χ0v) is 29.6. The number of benzene rings is 1. The quantitative estimate of drug-likeness (QED) is 0.102. The molecule has 0 aromatic heterocycles. The van der Waals surface area contributed by atoms with E-state index in [1.165, 1.54) is 0 Å². The first-order valence-electron chi connectivity index (χ1n) is 15.8. The Morgan fingerprint density at radius 2 is 1.47 bits per heavy atom. The predicted octanol–water partition coefficient (Wildman–Crippen LogP) is 6.27. The molecule has 3 N–H and O–H groups in total. The number of carbonyl (C=O) groups excluding carboxylic acids is 2. The third-order valence-corrected chi connectivity index (χ3v) is 8.82. The molecule has 2 rings (SSSR count). The fraction of sp³-hybridized carbons (Fsp3) is 0.758. The fourth-order valence-corrected chi connectivity index (χ4v) is 8.01. The topological polar surface area (TPSA) is 107 Å². The van der Waals surface area contributed by atoms with Crippen LogP contribution in [-0.4, -0.2) is 62.7 Å². The summed E-state index contributed by atoms with van der Waals surface area (Å²) in [5.41, 5.74) is 6.29. The Morgan fingerprint density at radius 3 is 2.05 bits per heavy atom. The number of hydrogen-bond acceptors (Lipinski definition) is 8. The minimum atomic E-state index is -2.64. The lowest BCUT2D eigenvalue weighted by atomic mass is 9.79. The van der Waals surface area contributed by atoms with E-state index in [9.17, 15) is 9.59 Å². The highest BCUT2D eigenvalue weighted by Gasteiger charge is 2.38. The van der Waals surface area contributed by atoms with Crippen LogP contribution in [-0.2, 0) is 29.5 Å². The van der Waals surface area contributed by atoms with E-state index >= 15 is 0 Å². The van der Waals surface area contributed by atoms with Gasteiger partial charge in [-0.05, 0) is 106 Å². The summed E-state index contributed by atoms with van der Waals surface area (Å²) >= 11 is 0. The van der Waals surface area contributed by atoms with Crippen molar-refractivity contribution >= 4 is 20.6 Å². The third kappa shape index (κ3) is 15.5. The molecule has 2 unspecified atom stereocenters. The lowest BCUT2D eigenvalue weighted by Crippen LogP contribution is -2.57. The number of amides is 1. The number of nitrogens with one attached hydrogen (secondary N) is 3. The molecule has 1 amide bonds. The summed E-state index contributed by atoms with van der Waals surface area (Å²) in [6.07, 6.45) is 3.57. The summed E-state index contributed by atoms with van der Waals surface area (Å²) in [5, 5.41) is 3.09. The maximum absolute atomic E-state index is 13.0. The van der Waals surface area contributed by atoms with Crippen molar-refractivity contribution in [3.63, 3.8) is 0 Å². The molecule has 1 aliphatic carbocycles. The Morgan fingerprint density at radius 1 is 0.860 bits per heavy atom. The number of alkyl carbamates (subject to hydrolysis) is 1. The molecule has 1 saturated carbocycles. The maximum atomic E-state index is 13.0. The van der Waals surface area contributed by atoms with Crippen molar-refractivity contribution in [2.75, 3.05) is 13.1 Å². The first-order chi connectivity index (χ1) is 19.7. The largest absolute Gasteiger partial charge is 0.460 e. The summed E-state index contributed by atoms with van der Waals surface area (Å²) in [7, 11) is -2.64. The molecule has 1 aromatic rings. The molecule has 1 aliphatic rings. The number of esters is 1. The molecular formula is C33H59N3O6Si. The third-order valence-electron chi connectivity index (χ3n) is 6.85. The van der Waals surface area contributed by atoms with Gasteiger partial charge in [-0.3, -0.25) is 15.6 Å². The van der Waals surface area contributed by atoms with E-state index in [1.54, 1.807) is 0 Å². The molecule has 1 aromatic carbocycles. The van der Waals surface area contributed by atoms with Crippen molar-refractivity contribution in [2.45, 2.75) is 136 Å². The summed E-state index contributed by atoms with van der Waals surface area (Å²) in [5.74, 6) is -0.0669. The van der Waals surface area contributed by atoms with Crippen LogP contribution in [0.25, 0.3) is 0 Å². The van der Waals surface area contributed by atoms with Crippen LogP contribution in [0.4, 0.5) is 4.79 Å². The average molecular weight is 622 g/mol. The first-order valence-corrected chi connectivity index (χ1v) is 18.6. The Hall–Kier alpha value is -1.98. The SMILES string of the molecule is CC(C)(C)OC(=O)N[C@H](Cc1ccccc1)[C@@H](CNNCC1CCCCC1C(=O)OC(C)(C)C)O[Si](C)(C)OC(C)(C)C. The number of hydrazine groups is 1. The smallest absolute Gasteiger partial charge is 0.407 e. The van der Waals surface area contributed by atoms with E-state index in [0.717, 1.165) is 31.2 Å². The zero-order chi connectivity index (χ0) is 32.5. The number of ether oxygens (including phenoxy) is 2. The fourth-order valence-electron chi connectivity index (χ4n) is 5.51. The molecule has 10 heteroatoms. The van der Waals surface area contributed by atoms with Gasteiger partial charge in [-0.25, -0.2) is 4.79 Å². The van der Waals surface area contributed by atoms with Crippen LogP contribution in [0.1, 0.15) is 93.6 Å². The molecule has 0 heterocycles. The minimum absolute atomic E-state index is 0.114.